The van der Waals surface area contributed by atoms with Crippen molar-refractivity contribution in [3.63, 3.8) is 0 Å². The molecule has 0 aliphatic carbocycles. The molecule has 1 saturated heterocycles. The Hall–Kier alpha value is -3.14. The fourth-order valence-electron chi connectivity index (χ4n) is 3.87. The van der Waals surface area contributed by atoms with Crippen molar-refractivity contribution in [1.29, 1.82) is 0 Å². The van der Waals surface area contributed by atoms with Gasteiger partial charge in [0.1, 0.15) is 5.69 Å². The van der Waals surface area contributed by atoms with E-state index in [4.69, 9.17) is 11.6 Å². The van der Waals surface area contributed by atoms with Gasteiger partial charge in [-0.25, -0.2) is 8.42 Å². The number of rotatable bonds is 7. The summed E-state index contributed by atoms with van der Waals surface area (Å²) >= 11 is 5.93. The lowest BCUT2D eigenvalue weighted by Gasteiger charge is -2.35. The number of nitro benzene ring substituents is 1. The predicted molar refractivity (Wildman–Crippen MR) is 134 cm³/mol. The number of aryl methyl sites for hydroxylation is 1. The lowest BCUT2D eigenvalue weighted by atomic mass is 10.2. The fourth-order valence-corrected chi connectivity index (χ4v) is 5.42. The number of hydrogen-bond donors (Lipinski definition) is 1. The third-order valence-corrected chi connectivity index (χ3v) is 8.00. The summed E-state index contributed by atoms with van der Waals surface area (Å²) in [6.45, 7) is 3.96. The van der Waals surface area contributed by atoms with Crippen LogP contribution >= 0.6 is 11.6 Å². The van der Waals surface area contributed by atoms with E-state index in [0.717, 1.165) is 16.8 Å². The van der Waals surface area contributed by atoms with Gasteiger partial charge < -0.3 is 10.2 Å². The lowest BCUT2D eigenvalue weighted by molar-refractivity contribution is -0.384. The van der Waals surface area contributed by atoms with Crippen molar-refractivity contribution < 1.29 is 13.3 Å². The zero-order valence-corrected chi connectivity index (χ0v) is 20.2. The van der Waals surface area contributed by atoms with Crippen LogP contribution in [0.2, 0.25) is 5.02 Å². The molecule has 1 aliphatic heterocycles. The molecule has 0 aromatic heterocycles. The molecule has 3 aromatic rings. The van der Waals surface area contributed by atoms with Gasteiger partial charge >= 0.3 is 0 Å². The Morgan fingerprint density at radius 3 is 2.24 bits per heavy atom. The van der Waals surface area contributed by atoms with E-state index in [0.29, 0.717) is 43.4 Å². The minimum Gasteiger partial charge on any atom is -0.375 e. The number of nitro groups is 1. The van der Waals surface area contributed by atoms with E-state index in [1.165, 1.54) is 10.4 Å². The van der Waals surface area contributed by atoms with Gasteiger partial charge in [0.25, 0.3) is 5.69 Å². The molecule has 178 valence electrons. The van der Waals surface area contributed by atoms with Crippen molar-refractivity contribution in [3.8, 4) is 0 Å². The first-order valence-corrected chi connectivity index (χ1v) is 12.6. The molecular weight excluding hydrogens is 476 g/mol. The number of anilines is 2. The van der Waals surface area contributed by atoms with Crippen LogP contribution < -0.4 is 10.2 Å². The molecular formula is C24H25ClN4O4S. The van der Waals surface area contributed by atoms with E-state index in [9.17, 15) is 18.5 Å². The van der Waals surface area contributed by atoms with Gasteiger partial charge in [-0.05, 0) is 48.9 Å². The maximum absolute atomic E-state index is 13.0. The molecule has 3 aromatic carbocycles. The van der Waals surface area contributed by atoms with Crippen molar-refractivity contribution in [2.24, 2.45) is 0 Å². The van der Waals surface area contributed by atoms with Crippen molar-refractivity contribution in [2.75, 3.05) is 36.4 Å². The second-order valence-electron chi connectivity index (χ2n) is 8.14. The van der Waals surface area contributed by atoms with E-state index >= 15 is 0 Å². The number of halogens is 1. The summed E-state index contributed by atoms with van der Waals surface area (Å²) in [5.41, 5.74) is 3.14. The van der Waals surface area contributed by atoms with Crippen molar-refractivity contribution >= 4 is 38.7 Å². The number of piperazine rings is 1. The molecule has 4 rings (SSSR count). The molecule has 34 heavy (non-hydrogen) atoms. The number of sulfonamides is 1. The average Bonchev–Trinajstić information content (AvgIpc) is 2.84. The summed E-state index contributed by atoms with van der Waals surface area (Å²) in [6, 6.07) is 19.0. The normalized spacial score (nSPS) is 14.7. The zero-order chi connectivity index (χ0) is 24.3. The topological polar surface area (TPSA) is 95.8 Å². The first-order valence-electron chi connectivity index (χ1n) is 10.8. The molecule has 0 radical (unpaired) electrons. The molecule has 0 unspecified atom stereocenters. The molecule has 1 fully saturated rings. The molecule has 0 saturated carbocycles. The highest BCUT2D eigenvalue weighted by Gasteiger charge is 2.29. The van der Waals surface area contributed by atoms with E-state index in [-0.39, 0.29) is 10.6 Å². The van der Waals surface area contributed by atoms with E-state index in [1.54, 1.807) is 48.5 Å². The Labute approximate surface area is 204 Å². The highest BCUT2D eigenvalue weighted by Crippen LogP contribution is 2.31. The van der Waals surface area contributed by atoms with Crippen LogP contribution in [0.15, 0.2) is 71.6 Å². The Morgan fingerprint density at radius 1 is 0.971 bits per heavy atom. The fraction of sp³-hybridized carbons (Fsp3) is 0.250. The van der Waals surface area contributed by atoms with E-state index in [2.05, 4.69) is 5.32 Å². The van der Waals surface area contributed by atoms with E-state index in [1.807, 2.05) is 24.0 Å². The molecule has 1 N–H and O–H groups in total. The molecule has 0 bridgehead atoms. The summed E-state index contributed by atoms with van der Waals surface area (Å²) in [5.74, 6) is 0. The van der Waals surface area contributed by atoms with Crippen molar-refractivity contribution in [2.45, 2.75) is 18.4 Å². The van der Waals surface area contributed by atoms with E-state index < -0.39 is 14.9 Å². The second-order valence-corrected chi connectivity index (χ2v) is 10.5. The summed E-state index contributed by atoms with van der Waals surface area (Å²) < 4.78 is 27.4. The Balaban J connectivity index is 1.47. The first kappa shape index (κ1) is 24.0. The summed E-state index contributed by atoms with van der Waals surface area (Å²) in [4.78, 5) is 13.4. The van der Waals surface area contributed by atoms with Gasteiger partial charge in [-0.1, -0.05) is 41.4 Å². The predicted octanol–water partition coefficient (Wildman–Crippen LogP) is 4.68. The van der Waals surface area contributed by atoms with Gasteiger partial charge in [0, 0.05) is 49.5 Å². The van der Waals surface area contributed by atoms with Crippen molar-refractivity contribution in [1.82, 2.24) is 4.31 Å². The smallest absolute Gasteiger partial charge is 0.292 e. The van der Waals surface area contributed by atoms with Gasteiger partial charge in [-0.3, -0.25) is 10.1 Å². The third-order valence-electron chi connectivity index (χ3n) is 5.84. The van der Waals surface area contributed by atoms with Crippen LogP contribution in [0.1, 0.15) is 11.1 Å². The Bertz CT molecular complexity index is 1270. The van der Waals surface area contributed by atoms with Crippen LogP contribution in [0.3, 0.4) is 0 Å². The minimum atomic E-state index is -3.56. The van der Waals surface area contributed by atoms with Gasteiger partial charge in [0.2, 0.25) is 10.0 Å². The maximum atomic E-state index is 13.0. The standard InChI is InChI=1S/C24H25ClN4O4S/c1-18-2-9-22(10-3-18)34(32,33)28-14-12-27(13-15-28)21-8-11-24(29(30)31)23(16-21)26-17-19-4-6-20(25)7-5-19/h2-11,16,26H,12-15,17H2,1H3. The van der Waals surface area contributed by atoms with Gasteiger partial charge in [-0.15, -0.1) is 0 Å². The minimum absolute atomic E-state index is 0.0155. The number of benzene rings is 3. The molecule has 10 heteroatoms. The Kier molecular flexibility index (Phi) is 7.06. The van der Waals surface area contributed by atoms with Crippen LogP contribution in [0.4, 0.5) is 17.1 Å². The quantitative estimate of drug-likeness (QED) is 0.374. The van der Waals surface area contributed by atoms with Crippen LogP contribution in [0, 0.1) is 17.0 Å². The molecule has 1 heterocycles. The summed E-state index contributed by atoms with van der Waals surface area (Å²) in [5, 5.41) is 15.3. The molecule has 0 atom stereocenters. The van der Waals surface area contributed by atoms with Gasteiger partial charge in [0.05, 0.1) is 9.82 Å². The van der Waals surface area contributed by atoms with Crippen LogP contribution in [0.5, 0.6) is 0 Å². The van der Waals surface area contributed by atoms with Gasteiger partial charge in [-0.2, -0.15) is 4.31 Å². The average molecular weight is 501 g/mol. The second kappa shape index (κ2) is 10.0. The summed E-state index contributed by atoms with van der Waals surface area (Å²) in [7, 11) is -3.56. The van der Waals surface area contributed by atoms with Crippen molar-refractivity contribution in [3.05, 3.63) is 93.0 Å². The summed E-state index contributed by atoms with van der Waals surface area (Å²) in [6.07, 6.45) is 0. The monoisotopic (exact) mass is 500 g/mol. The number of nitrogens with one attached hydrogen (secondary N) is 1. The van der Waals surface area contributed by atoms with Crippen LogP contribution in [0.25, 0.3) is 0 Å². The lowest BCUT2D eigenvalue weighted by Crippen LogP contribution is -2.48. The SMILES string of the molecule is Cc1ccc(S(=O)(=O)N2CCN(c3ccc([N+](=O)[O-])c(NCc4ccc(Cl)cc4)c3)CC2)cc1. The largest absolute Gasteiger partial charge is 0.375 e. The number of nitrogens with zero attached hydrogens (tertiary/aromatic N) is 3. The van der Waals surface area contributed by atoms with Crippen LogP contribution in [-0.2, 0) is 16.6 Å². The molecule has 0 spiro atoms. The highest BCUT2D eigenvalue weighted by molar-refractivity contribution is 7.89. The maximum Gasteiger partial charge on any atom is 0.292 e. The molecule has 8 nitrogen and oxygen atoms in total. The highest BCUT2D eigenvalue weighted by atomic mass is 35.5. The van der Waals surface area contributed by atoms with Crippen LogP contribution in [-0.4, -0.2) is 43.8 Å². The molecule has 1 aliphatic rings. The molecule has 0 amide bonds. The number of hydrogen-bond acceptors (Lipinski definition) is 6. The zero-order valence-electron chi connectivity index (χ0n) is 18.6. The Morgan fingerprint density at radius 2 is 1.62 bits per heavy atom. The third kappa shape index (κ3) is 5.32. The first-order chi connectivity index (χ1) is 16.2. The van der Waals surface area contributed by atoms with Gasteiger partial charge in [0.15, 0.2) is 0 Å².